The van der Waals surface area contributed by atoms with E-state index >= 15 is 0 Å². The van der Waals surface area contributed by atoms with Crippen molar-refractivity contribution in [3.63, 3.8) is 0 Å². The molecule has 3 aromatic rings. The van der Waals surface area contributed by atoms with E-state index in [1.54, 1.807) is 0 Å². The van der Waals surface area contributed by atoms with Gasteiger partial charge in [0, 0.05) is 23.2 Å². The van der Waals surface area contributed by atoms with Gasteiger partial charge in [-0.1, -0.05) is 30.3 Å². The Kier molecular flexibility index (Phi) is 6.18. The van der Waals surface area contributed by atoms with Gasteiger partial charge in [0.1, 0.15) is 5.78 Å². The van der Waals surface area contributed by atoms with E-state index < -0.39 is 35.2 Å². The minimum absolute atomic E-state index is 0.0222. The van der Waals surface area contributed by atoms with E-state index in [1.807, 2.05) is 0 Å². The van der Waals surface area contributed by atoms with Crippen molar-refractivity contribution in [1.29, 1.82) is 0 Å². The number of fused-ring (bicyclic) bond motifs is 1. The molecule has 0 unspecified atom stereocenters. The Morgan fingerprint density at radius 2 is 1.57 bits per heavy atom. The lowest BCUT2D eigenvalue weighted by molar-refractivity contribution is -0.376. The van der Waals surface area contributed by atoms with Gasteiger partial charge in [-0.05, 0) is 55.2 Å². The van der Waals surface area contributed by atoms with Crippen LogP contribution in [0.25, 0.3) is 11.3 Å². The van der Waals surface area contributed by atoms with Crippen LogP contribution in [-0.2, 0) is 22.2 Å². The fourth-order valence-electron chi connectivity index (χ4n) is 4.77. The normalized spacial score (nSPS) is 17.6. The zero-order valence-corrected chi connectivity index (χ0v) is 20.5. The molecule has 1 saturated carbocycles. The van der Waals surface area contributed by atoms with Gasteiger partial charge in [-0.15, -0.1) is 8.78 Å². The highest BCUT2D eigenvalue weighted by Crippen LogP contribution is 2.53. The van der Waals surface area contributed by atoms with E-state index in [-0.39, 0.29) is 40.7 Å². The number of Topliss-reactive ketones (excluding diaryl/α,β-unsaturated/α-hetero) is 1. The van der Waals surface area contributed by atoms with Crippen molar-refractivity contribution in [3.8, 4) is 22.8 Å². The largest absolute Gasteiger partial charge is 0.586 e. The predicted molar refractivity (Wildman–Crippen MR) is 123 cm³/mol. The summed E-state index contributed by atoms with van der Waals surface area (Å²) in [6.07, 6.45) is -15.3. The molecule has 0 amide bonds. The van der Waals surface area contributed by atoms with E-state index in [0.29, 0.717) is 36.1 Å². The molecule has 2 heterocycles. The number of nitrogens with zero attached hydrogens (tertiary/aromatic N) is 1. The van der Waals surface area contributed by atoms with Gasteiger partial charge in [0.2, 0.25) is 0 Å². The molecule has 0 radical (unpaired) electrons. The lowest BCUT2D eigenvalue weighted by Crippen LogP contribution is -2.53. The van der Waals surface area contributed by atoms with Crippen molar-refractivity contribution in [1.82, 2.24) is 4.98 Å². The number of aromatic nitrogens is 1. The van der Waals surface area contributed by atoms with Crippen LogP contribution in [0.4, 0.5) is 35.1 Å². The second-order valence-electron chi connectivity index (χ2n) is 9.77. The highest BCUT2D eigenvalue weighted by molar-refractivity contribution is 5.94. The van der Waals surface area contributed by atoms with Gasteiger partial charge in [-0.3, -0.25) is 9.78 Å². The number of carbonyl (C=O) groups excluding carboxylic acids is 1. The lowest BCUT2D eigenvalue weighted by Gasteiger charge is -2.32. The Morgan fingerprint density at radius 3 is 2.20 bits per heavy atom. The first-order valence-corrected chi connectivity index (χ1v) is 11.8. The molecule has 1 aliphatic carbocycles. The van der Waals surface area contributed by atoms with Gasteiger partial charge in [-0.2, -0.15) is 26.3 Å². The van der Waals surface area contributed by atoms with Crippen LogP contribution in [0.5, 0.6) is 11.5 Å². The number of benzene rings is 2. The minimum atomic E-state index is -6.05. The quantitative estimate of drug-likeness (QED) is 0.340. The van der Waals surface area contributed by atoms with Gasteiger partial charge >= 0.3 is 18.6 Å². The number of aryl methyl sites for hydroxylation is 1. The number of rotatable bonds is 6. The van der Waals surface area contributed by atoms with Crippen molar-refractivity contribution in [2.45, 2.75) is 55.8 Å². The van der Waals surface area contributed by atoms with Crippen LogP contribution in [0, 0.1) is 6.92 Å². The second-order valence-corrected chi connectivity index (χ2v) is 9.77. The maximum atomic E-state index is 13.4. The number of carbonyl (C=O) groups is 1. The monoisotopic (exact) mass is 573 g/mol. The van der Waals surface area contributed by atoms with Crippen LogP contribution in [0.3, 0.4) is 0 Å². The summed E-state index contributed by atoms with van der Waals surface area (Å²) in [4.78, 5) is 17.7. The molecule has 5 rings (SSSR count). The molecule has 0 spiro atoms. The fourth-order valence-corrected chi connectivity index (χ4v) is 4.77. The number of halogens is 8. The Bertz CT molecular complexity index is 1480. The summed E-state index contributed by atoms with van der Waals surface area (Å²) in [6.45, 7) is 1.53. The third-order valence-corrected chi connectivity index (χ3v) is 7.11. The van der Waals surface area contributed by atoms with Gasteiger partial charge in [-0.25, -0.2) is 0 Å². The summed E-state index contributed by atoms with van der Waals surface area (Å²) < 4.78 is 116. The molecule has 5 nitrogen and oxygen atoms in total. The van der Waals surface area contributed by atoms with E-state index in [9.17, 15) is 45.0 Å². The molecule has 40 heavy (non-hydrogen) atoms. The van der Waals surface area contributed by atoms with E-state index in [4.69, 9.17) is 0 Å². The second kappa shape index (κ2) is 8.88. The van der Waals surface area contributed by atoms with E-state index in [1.165, 1.54) is 43.3 Å². The van der Waals surface area contributed by atoms with Crippen molar-refractivity contribution < 1.29 is 54.5 Å². The van der Waals surface area contributed by atoms with Crippen LogP contribution >= 0.6 is 0 Å². The average Bonchev–Trinajstić information content (AvgIpc) is 3.60. The highest BCUT2D eigenvalue weighted by Gasteiger charge is 2.71. The minimum Gasteiger partial charge on any atom is -0.395 e. The van der Waals surface area contributed by atoms with Crippen molar-refractivity contribution in [2.75, 3.05) is 0 Å². The summed E-state index contributed by atoms with van der Waals surface area (Å²) in [5.74, 6) is -0.695. The first-order valence-electron chi connectivity index (χ1n) is 11.8. The van der Waals surface area contributed by atoms with E-state index in [2.05, 4.69) is 14.5 Å². The lowest BCUT2D eigenvalue weighted by atomic mass is 9.88. The summed E-state index contributed by atoms with van der Waals surface area (Å²) in [6, 6.07) is 10.3. The number of aliphatic hydroxyl groups is 1. The summed E-state index contributed by atoms with van der Waals surface area (Å²) in [5.41, 5.74) is -6.61. The Balaban J connectivity index is 1.44. The number of ketones is 1. The first kappa shape index (κ1) is 27.8. The van der Waals surface area contributed by atoms with Gasteiger partial charge < -0.3 is 14.6 Å². The highest BCUT2D eigenvalue weighted by atomic mass is 19.4. The topological polar surface area (TPSA) is 68.7 Å². The molecule has 13 heteroatoms. The smallest absolute Gasteiger partial charge is 0.395 e. The Morgan fingerprint density at radius 1 is 0.925 bits per heavy atom. The van der Waals surface area contributed by atoms with Crippen molar-refractivity contribution in [2.24, 2.45) is 0 Å². The van der Waals surface area contributed by atoms with Crippen LogP contribution < -0.4 is 9.47 Å². The van der Waals surface area contributed by atoms with E-state index in [0.717, 1.165) is 6.07 Å². The summed E-state index contributed by atoms with van der Waals surface area (Å²) in [5, 5.41) is 9.79. The summed E-state index contributed by atoms with van der Waals surface area (Å²) >= 11 is 0. The predicted octanol–water partition coefficient (Wildman–Crippen LogP) is 6.53. The zero-order chi connectivity index (χ0) is 29.3. The maximum absolute atomic E-state index is 13.4. The SMILES string of the molecule is Cc1ccc(CC(=O)C2(c3ccc4c(c3)OC(F)(F)O4)CC2)nc1-c1cccc(C(O)(C(F)(F)F)C(F)(F)F)c1. The van der Waals surface area contributed by atoms with Gasteiger partial charge in [0.25, 0.3) is 5.60 Å². The molecule has 0 bridgehead atoms. The molecule has 2 aromatic carbocycles. The standard InChI is InChI=1S/C27H19F8NO4/c1-14-5-7-18(13-21(37)23(9-10-23)16-6-8-19-20(12-16)40-27(34,35)39-19)36-22(14)15-3-2-4-17(11-15)24(38,25(28,29)30)26(31,32)33/h2-8,11-12,38H,9-10,13H2,1H3. The third-order valence-electron chi connectivity index (χ3n) is 7.11. The molecule has 0 saturated heterocycles. The molecular weight excluding hydrogens is 554 g/mol. The molecule has 0 atom stereocenters. The fraction of sp³-hybridized carbons (Fsp3) is 0.333. The van der Waals surface area contributed by atoms with Crippen LogP contribution in [0.1, 0.15) is 35.2 Å². The molecule has 212 valence electrons. The first-order chi connectivity index (χ1) is 18.5. The van der Waals surface area contributed by atoms with Crippen LogP contribution in [0.2, 0.25) is 0 Å². The van der Waals surface area contributed by atoms with Crippen LogP contribution in [-0.4, -0.2) is 34.5 Å². The average molecular weight is 573 g/mol. The number of pyridine rings is 1. The van der Waals surface area contributed by atoms with Gasteiger partial charge in [0.05, 0.1) is 11.1 Å². The Hall–Kier alpha value is -3.74. The molecular formula is C27H19F8NO4. The van der Waals surface area contributed by atoms with Crippen molar-refractivity contribution >= 4 is 5.78 Å². The molecule has 1 aromatic heterocycles. The van der Waals surface area contributed by atoms with Crippen LogP contribution in [0.15, 0.2) is 54.6 Å². The number of hydrogen-bond acceptors (Lipinski definition) is 5. The summed E-state index contributed by atoms with van der Waals surface area (Å²) in [7, 11) is 0. The molecule has 1 N–H and O–H groups in total. The zero-order valence-electron chi connectivity index (χ0n) is 20.5. The van der Waals surface area contributed by atoms with Gasteiger partial charge in [0.15, 0.2) is 11.5 Å². The van der Waals surface area contributed by atoms with Crippen molar-refractivity contribution in [3.05, 3.63) is 77.0 Å². The molecule has 2 aliphatic rings. The Labute approximate surface area is 221 Å². The maximum Gasteiger partial charge on any atom is 0.586 e. The number of alkyl halides is 8. The number of hydrogen-bond donors (Lipinski definition) is 1. The molecule has 1 fully saturated rings. The molecule has 1 aliphatic heterocycles. The number of ether oxygens (including phenoxy) is 2. The third kappa shape index (κ3) is 4.55.